The molecular formula is C15H20ClFN2O. The lowest BCUT2D eigenvalue weighted by atomic mass is 9.81. The third-order valence-electron chi connectivity index (χ3n) is 4.00. The molecule has 0 radical (unpaired) electrons. The highest BCUT2D eigenvalue weighted by Crippen LogP contribution is 2.28. The molecule has 0 spiro atoms. The highest BCUT2D eigenvalue weighted by molar-refractivity contribution is 6.30. The Bertz CT molecular complexity index is 473. The molecule has 110 valence electrons. The molecule has 2 rings (SSSR count). The van der Waals surface area contributed by atoms with E-state index < -0.39 is 5.82 Å². The summed E-state index contributed by atoms with van der Waals surface area (Å²) < 4.78 is 13.0. The van der Waals surface area contributed by atoms with Gasteiger partial charge in [0.2, 0.25) is 5.91 Å². The van der Waals surface area contributed by atoms with Crippen LogP contribution in [-0.2, 0) is 11.3 Å². The van der Waals surface area contributed by atoms with E-state index in [4.69, 9.17) is 17.3 Å². The van der Waals surface area contributed by atoms with Gasteiger partial charge in [0.05, 0.1) is 5.02 Å². The van der Waals surface area contributed by atoms with Crippen molar-refractivity contribution >= 4 is 17.5 Å². The zero-order valence-corrected chi connectivity index (χ0v) is 12.1. The van der Waals surface area contributed by atoms with Gasteiger partial charge < -0.3 is 11.1 Å². The molecule has 20 heavy (non-hydrogen) atoms. The van der Waals surface area contributed by atoms with Gasteiger partial charge in [-0.15, -0.1) is 0 Å². The van der Waals surface area contributed by atoms with Crippen LogP contribution in [0.2, 0.25) is 5.02 Å². The Balaban J connectivity index is 1.81. The van der Waals surface area contributed by atoms with Crippen LogP contribution < -0.4 is 11.1 Å². The number of amides is 1. The molecular weight excluding hydrogens is 279 g/mol. The summed E-state index contributed by atoms with van der Waals surface area (Å²) in [6.07, 6.45) is 3.85. The molecule has 0 aromatic heterocycles. The number of benzene rings is 1. The fourth-order valence-electron chi connectivity index (χ4n) is 2.64. The molecule has 1 aromatic carbocycles. The van der Waals surface area contributed by atoms with Crippen LogP contribution in [0.15, 0.2) is 18.2 Å². The Morgan fingerprint density at radius 3 is 2.65 bits per heavy atom. The lowest BCUT2D eigenvalue weighted by Gasteiger charge is -2.26. The number of rotatable bonds is 4. The van der Waals surface area contributed by atoms with Crippen molar-refractivity contribution in [3.05, 3.63) is 34.6 Å². The lowest BCUT2D eigenvalue weighted by Crippen LogP contribution is -2.33. The van der Waals surface area contributed by atoms with E-state index in [1.807, 2.05) is 0 Å². The maximum atomic E-state index is 13.0. The van der Waals surface area contributed by atoms with Gasteiger partial charge in [-0.1, -0.05) is 17.7 Å². The number of hydrogen-bond acceptors (Lipinski definition) is 2. The summed E-state index contributed by atoms with van der Waals surface area (Å²) in [5.74, 6) is 0.270. The second-order valence-electron chi connectivity index (χ2n) is 5.42. The Labute approximate surface area is 123 Å². The minimum atomic E-state index is -0.443. The first-order chi connectivity index (χ1) is 9.60. The van der Waals surface area contributed by atoms with Gasteiger partial charge >= 0.3 is 0 Å². The number of carbonyl (C=O) groups excluding carboxylic acids is 1. The minimum Gasteiger partial charge on any atom is -0.352 e. The number of carbonyl (C=O) groups is 1. The standard InChI is InChI=1S/C15H20ClFN2O/c16-13-7-11(3-6-14(13)17)9-19-15(20)12-4-1-10(8-18)2-5-12/h3,6-7,10,12H,1-2,4-5,8-9,18H2,(H,19,20). The predicted octanol–water partition coefficient (Wildman–Crippen LogP) is 2.86. The molecule has 0 unspecified atom stereocenters. The van der Waals surface area contributed by atoms with Gasteiger partial charge in [-0.25, -0.2) is 4.39 Å². The largest absolute Gasteiger partial charge is 0.352 e. The van der Waals surface area contributed by atoms with Crippen molar-refractivity contribution in [1.82, 2.24) is 5.32 Å². The summed E-state index contributed by atoms with van der Waals surface area (Å²) in [6.45, 7) is 1.10. The second kappa shape index (κ2) is 7.04. The molecule has 1 fully saturated rings. The molecule has 0 aliphatic heterocycles. The Hall–Kier alpha value is -1.13. The summed E-state index contributed by atoms with van der Waals surface area (Å²) >= 11 is 5.71. The van der Waals surface area contributed by atoms with Crippen molar-refractivity contribution in [1.29, 1.82) is 0 Å². The van der Waals surface area contributed by atoms with Gasteiger partial charge in [0.25, 0.3) is 0 Å². The van der Waals surface area contributed by atoms with Crippen LogP contribution in [0, 0.1) is 17.7 Å². The monoisotopic (exact) mass is 298 g/mol. The topological polar surface area (TPSA) is 55.1 Å². The van der Waals surface area contributed by atoms with Gasteiger partial charge in [-0.3, -0.25) is 4.79 Å². The quantitative estimate of drug-likeness (QED) is 0.898. The Kier molecular flexibility index (Phi) is 5.38. The van der Waals surface area contributed by atoms with Crippen LogP contribution in [0.1, 0.15) is 31.2 Å². The lowest BCUT2D eigenvalue weighted by molar-refractivity contribution is -0.126. The van der Waals surface area contributed by atoms with Gasteiger partial charge in [0, 0.05) is 12.5 Å². The molecule has 1 aliphatic carbocycles. The zero-order chi connectivity index (χ0) is 14.5. The molecule has 1 aromatic rings. The summed E-state index contributed by atoms with van der Waals surface area (Å²) in [5.41, 5.74) is 6.45. The van der Waals surface area contributed by atoms with Crippen LogP contribution in [0.25, 0.3) is 0 Å². The first kappa shape index (κ1) is 15.3. The van der Waals surface area contributed by atoms with E-state index in [1.165, 1.54) is 6.07 Å². The van der Waals surface area contributed by atoms with Crippen LogP contribution in [0.5, 0.6) is 0 Å². The molecule has 0 heterocycles. The summed E-state index contributed by atoms with van der Waals surface area (Å²) in [4.78, 5) is 12.1. The number of halogens is 2. The van der Waals surface area contributed by atoms with Crippen LogP contribution in [0.4, 0.5) is 4.39 Å². The number of nitrogens with two attached hydrogens (primary N) is 1. The first-order valence-corrected chi connectivity index (χ1v) is 7.39. The third kappa shape index (κ3) is 3.93. The molecule has 1 amide bonds. The smallest absolute Gasteiger partial charge is 0.223 e. The molecule has 3 nitrogen and oxygen atoms in total. The highest BCUT2D eigenvalue weighted by atomic mass is 35.5. The van der Waals surface area contributed by atoms with E-state index in [-0.39, 0.29) is 16.8 Å². The molecule has 5 heteroatoms. The van der Waals surface area contributed by atoms with E-state index in [2.05, 4.69) is 5.32 Å². The Morgan fingerprint density at radius 2 is 2.05 bits per heavy atom. The summed E-state index contributed by atoms with van der Waals surface area (Å²) in [5, 5.41) is 2.98. The van der Waals surface area contributed by atoms with Crippen molar-refractivity contribution in [2.45, 2.75) is 32.2 Å². The van der Waals surface area contributed by atoms with Crippen molar-refractivity contribution in [2.24, 2.45) is 17.6 Å². The fraction of sp³-hybridized carbons (Fsp3) is 0.533. The highest BCUT2D eigenvalue weighted by Gasteiger charge is 2.25. The third-order valence-corrected chi connectivity index (χ3v) is 4.29. The van der Waals surface area contributed by atoms with Gasteiger partial charge in [0.15, 0.2) is 0 Å². The van der Waals surface area contributed by atoms with E-state index in [9.17, 15) is 9.18 Å². The van der Waals surface area contributed by atoms with Crippen LogP contribution in [-0.4, -0.2) is 12.5 Å². The predicted molar refractivity (Wildman–Crippen MR) is 77.8 cm³/mol. The van der Waals surface area contributed by atoms with E-state index in [0.29, 0.717) is 19.0 Å². The Morgan fingerprint density at radius 1 is 1.35 bits per heavy atom. The maximum Gasteiger partial charge on any atom is 0.223 e. The van der Waals surface area contributed by atoms with E-state index >= 15 is 0 Å². The molecule has 3 N–H and O–H groups in total. The fourth-order valence-corrected chi connectivity index (χ4v) is 2.85. The second-order valence-corrected chi connectivity index (χ2v) is 5.83. The zero-order valence-electron chi connectivity index (χ0n) is 11.4. The SMILES string of the molecule is NCC1CCC(C(=O)NCc2ccc(F)c(Cl)c2)CC1. The summed E-state index contributed by atoms with van der Waals surface area (Å²) in [7, 11) is 0. The molecule has 0 bridgehead atoms. The van der Waals surface area contributed by atoms with Gasteiger partial charge in [-0.05, 0) is 55.8 Å². The van der Waals surface area contributed by atoms with Gasteiger partial charge in [-0.2, -0.15) is 0 Å². The van der Waals surface area contributed by atoms with Crippen molar-refractivity contribution in [3.63, 3.8) is 0 Å². The molecule has 0 saturated heterocycles. The average molecular weight is 299 g/mol. The van der Waals surface area contributed by atoms with Crippen LogP contribution >= 0.6 is 11.6 Å². The molecule has 1 saturated carbocycles. The van der Waals surface area contributed by atoms with E-state index in [1.54, 1.807) is 12.1 Å². The molecule has 1 aliphatic rings. The number of nitrogens with one attached hydrogen (secondary N) is 1. The normalized spacial score (nSPS) is 22.6. The van der Waals surface area contributed by atoms with E-state index in [0.717, 1.165) is 31.2 Å². The average Bonchev–Trinajstić information content (AvgIpc) is 2.48. The number of hydrogen-bond donors (Lipinski definition) is 2. The van der Waals surface area contributed by atoms with Crippen molar-refractivity contribution < 1.29 is 9.18 Å². The van der Waals surface area contributed by atoms with Gasteiger partial charge in [0.1, 0.15) is 5.82 Å². The van der Waals surface area contributed by atoms with Crippen molar-refractivity contribution in [2.75, 3.05) is 6.54 Å². The van der Waals surface area contributed by atoms with Crippen LogP contribution in [0.3, 0.4) is 0 Å². The summed E-state index contributed by atoms with van der Waals surface area (Å²) in [6, 6.07) is 4.49. The maximum absolute atomic E-state index is 13.0. The minimum absolute atomic E-state index is 0.0703. The van der Waals surface area contributed by atoms with Crippen molar-refractivity contribution in [3.8, 4) is 0 Å². The first-order valence-electron chi connectivity index (χ1n) is 7.02. The molecule has 0 atom stereocenters.